The molecule has 1 aliphatic heterocycles. The molecule has 4 rings (SSSR count). The van der Waals surface area contributed by atoms with E-state index in [4.69, 9.17) is 9.26 Å². The van der Waals surface area contributed by atoms with Gasteiger partial charge < -0.3 is 24.3 Å². The minimum atomic E-state index is -0.575. The first kappa shape index (κ1) is 16.7. The van der Waals surface area contributed by atoms with Crippen molar-refractivity contribution in [1.82, 2.24) is 15.0 Å². The zero-order valence-electron chi connectivity index (χ0n) is 14.7. The molecule has 2 aromatic heterocycles. The number of carbonyl (C=O) groups is 1. The van der Waals surface area contributed by atoms with E-state index in [1.54, 1.807) is 12.0 Å². The largest absolute Gasteiger partial charge is 0.497 e. The number of hydrogen-bond donors (Lipinski definition) is 2. The van der Waals surface area contributed by atoms with Gasteiger partial charge in [0, 0.05) is 42.4 Å². The number of aryl methyl sites for hydroxylation is 1. The topological polar surface area (TPSA) is 91.6 Å². The fourth-order valence-corrected chi connectivity index (χ4v) is 3.51. The molecule has 1 amide bonds. The summed E-state index contributed by atoms with van der Waals surface area (Å²) in [7, 11) is 1.61. The van der Waals surface area contributed by atoms with Crippen LogP contribution in [0.25, 0.3) is 10.9 Å². The van der Waals surface area contributed by atoms with Gasteiger partial charge in [-0.2, -0.15) is 0 Å². The van der Waals surface area contributed by atoms with Crippen LogP contribution in [0.3, 0.4) is 0 Å². The van der Waals surface area contributed by atoms with Crippen LogP contribution in [-0.4, -0.2) is 52.4 Å². The molecule has 0 unspecified atom stereocenters. The van der Waals surface area contributed by atoms with E-state index in [1.807, 2.05) is 37.3 Å². The van der Waals surface area contributed by atoms with Gasteiger partial charge in [0.2, 0.25) is 0 Å². The predicted octanol–water partition coefficient (Wildman–Crippen LogP) is 2.15. The number of aromatic amines is 1. The molecule has 136 valence electrons. The van der Waals surface area contributed by atoms with E-state index in [1.165, 1.54) is 0 Å². The number of likely N-dealkylation sites (tertiary alicyclic amines) is 1. The van der Waals surface area contributed by atoms with E-state index in [2.05, 4.69) is 10.1 Å². The number of benzene rings is 1. The van der Waals surface area contributed by atoms with Crippen molar-refractivity contribution in [3.63, 3.8) is 0 Å². The molecule has 0 radical (unpaired) electrons. The Morgan fingerprint density at radius 1 is 1.38 bits per heavy atom. The number of aromatic nitrogens is 2. The Labute approximate surface area is 150 Å². The summed E-state index contributed by atoms with van der Waals surface area (Å²) in [5, 5.41) is 15.1. The fraction of sp³-hybridized carbons (Fsp3) is 0.368. The summed E-state index contributed by atoms with van der Waals surface area (Å²) in [5.74, 6) is 1.30. The molecule has 0 bridgehead atoms. The van der Waals surface area contributed by atoms with Crippen LogP contribution >= 0.6 is 0 Å². The molecule has 0 saturated carbocycles. The molecule has 7 heteroatoms. The zero-order chi connectivity index (χ0) is 18.3. The lowest BCUT2D eigenvalue weighted by Gasteiger charge is -2.14. The van der Waals surface area contributed by atoms with Crippen LogP contribution < -0.4 is 4.74 Å². The van der Waals surface area contributed by atoms with Gasteiger partial charge in [0.1, 0.15) is 17.2 Å². The van der Waals surface area contributed by atoms with Crippen molar-refractivity contribution in [3.05, 3.63) is 47.5 Å². The first-order valence-corrected chi connectivity index (χ1v) is 8.60. The van der Waals surface area contributed by atoms with E-state index in [0.717, 1.165) is 28.1 Å². The molecular formula is C19H21N3O4. The minimum absolute atomic E-state index is 0.0595. The Morgan fingerprint density at radius 3 is 2.96 bits per heavy atom. The molecule has 1 aromatic carbocycles. The monoisotopic (exact) mass is 355 g/mol. The third-order valence-corrected chi connectivity index (χ3v) is 4.89. The number of nitrogens with zero attached hydrogens (tertiary/aromatic N) is 2. The van der Waals surface area contributed by atoms with Gasteiger partial charge >= 0.3 is 0 Å². The van der Waals surface area contributed by atoms with Crippen molar-refractivity contribution in [2.45, 2.75) is 19.4 Å². The first-order chi connectivity index (χ1) is 12.5. The summed E-state index contributed by atoms with van der Waals surface area (Å²) >= 11 is 0. The number of rotatable bonds is 4. The summed E-state index contributed by atoms with van der Waals surface area (Å²) < 4.78 is 10.5. The van der Waals surface area contributed by atoms with Gasteiger partial charge in [-0.05, 0) is 31.2 Å². The maximum absolute atomic E-state index is 12.8. The average Bonchev–Trinajstić information content (AvgIpc) is 3.33. The van der Waals surface area contributed by atoms with Gasteiger partial charge in [0.25, 0.3) is 5.91 Å². The second kappa shape index (κ2) is 6.49. The van der Waals surface area contributed by atoms with Gasteiger partial charge in [0.15, 0.2) is 0 Å². The van der Waals surface area contributed by atoms with Gasteiger partial charge in [-0.3, -0.25) is 4.79 Å². The lowest BCUT2D eigenvalue weighted by Crippen LogP contribution is -2.29. The van der Waals surface area contributed by atoms with Gasteiger partial charge in [0.05, 0.1) is 18.9 Å². The Kier molecular flexibility index (Phi) is 4.16. The highest BCUT2D eigenvalue weighted by Crippen LogP contribution is 2.26. The number of hydrogen-bond acceptors (Lipinski definition) is 5. The summed E-state index contributed by atoms with van der Waals surface area (Å²) in [4.78, 5) is 17.7. The van der Waals surface area contributed by atoms with Crippen LogP contribution in [0.1, 0.15) is 21.9 Å². The van der Waals surface area contributed by atoms with E-state index >= 15 is 0 Å². The number of aliphatic hydroxyl groups excluding tert-OH is 1. The quantitative estimate of drug-likeness (QED) is 0.748. The standard InChI is InChI=1S/C19H21N3O4/c1-11-5-15(26-21-11)7-13-9-22(10-18(13)23)19(24)17-8-12-6-14(25-2)3-4-16(12)20-17/h3-6,8,13,18,20,23H,7,9-10H2,1-2H3/t13-,18+/m1/s1. The molecule has 26 heavy (non-hydrogen) atoms. The van der Waals surface area contributed by atoms with E-state index < -0.39 is 6.10 Å². The van der Waals surface area contributed by atoms with Crippen molar-refractivity contribution in [1.29, 1.82) is 0 Å². The van der Waals surface area contributed by atoms with Crippen molar-refractivity contribution < 1.29 is 19.2 Å². The highest BCUT2D eigenvalue weighted by molar-refractivity contribution is 5.98. The third kappa shape index (κ3) is 3.06. The number of fused-ring (bicyclic) bond motifs is 1. The SMILES string of the molecule is COc1ccc2[nH]c(C(=O)N3C[C@@H](Cc4cc(C)no4)[C@@H](O)C3)cc2c1. The summed E-state index contributed by atoms with van der Waals surface area (Å²) in [6, 6.07) is 9.30. The molecule has 1 aliphatic rings. The lowest BCUT2D eigenvalue weighted by atomic mass is 10.0. The third-order valence-electron chi connectivity index (χ3n) is 4.89. The highest BCUT2D eigenvalue weighted by Gasteiger charge is 2.35. The number of nitrogens with one attached hydrogen (secondary N) is 1. The molecule has 7 nitrogen and oxygen atoms in total. The maximum Gasteiger partial charge on any atom is 0.270 e. The molecule has 3 heterocycles. The van der Waals surface area contributed by atoms with Crippen LogP contribution in [0.4, 0.5) is 0 Å². The molecular weight excluding hydrogens is 334 g/mol. The molecule has 2 atom stereocenters. The van der Waals surface area contributed by atoms with Crippen molar-refractivity contribution in [2.24, 2.45) is 5.92 Å². The maximum atomic E-state index is 12.8. The van der Waals surface area contributed by atoms with E-state index in [-0.39, 0.29) is 11.8 Å². The zero-order valence-corrected chi connectivity index (χ0v) is 14.7. The molecule has 3 aromatic rings. The van der Waals surface area contributed by atoms with Crippen LogP contribution in [0.5, 0.6) is 5.75 Å². The second-order valence-electron chi connectivity index (χ2n) is 6.81. The number of methoxy groups -OCH3 is 1. The van der Waals surface area contributed by atoms with Crippen LogP contribution in [-0.2, 0) is 6.42 Å². The number of carbonyl (C=O) groups excluding carboxylic acids is 1. The summed E-state index contributed by atoms with van der Waals surface area (Å²) in [6.07, 6.45) is -0.00999. The lowest BCUT2D eigenvalue weighted by molar-refractivity contribution is 0.0760. The molecule has 1 saturated heterocycles. The number of aliphatic hydroxyl groups is 1. The molecule has 1 fully saturated rings. The number of β-amino-alcohol motifs (C(OH)–C–C–N with tert-alkyl or cyclic N) is 1. The van der Waals surface area contributed by atoms with Crippen molar-refractivity contribution in [3.8, 4) is 5.75 Å². The van der Waals surface area contributed by atoms with Gasteiger partial charge in [-0.25, -0.2) is 0 Å². The molecule has 2 N–H and O–H groups in total. The first-order valence-electron chi connectivity index (χ1n) is 8.60. The fourth-order valence-electron chi connectivity index (χ4n) is 3.51. The van der Waals surface area contributed by atoms with Gasteiger partial charge in [-0.1, -0.05) is 5.16 Å². The minimum Gasteiger partial charge on any atom is -0.497 e. The van der Waals surface area contributed by atoms with Crippen LogP contribution in [0.2, 0.25) is 0 Å². The predicted molar refractivity (Wildman–Crippen MR) is 95.2 cm³/mol. The van der Waals surface area contributed by atoms with E-state index in [9.17, 15) is 9.90 Å². The number of ether oxygens (including phenoxy) is 1. The number of amides is 1. The average molecular weight is 355 g/mol. The van der Waals surface area contributed by atoms with Crippen molar-refractivity contribution >= 4 is 16.8 Å². The Bertz CT molecular complexity index is 945. The summed E-state index contributed by atoms with van der Waals surface area (Å²) in [6.45, 7) is 2.66. The normalized spacial score (nSPS) is 20.0. The summed E-state index contributed by atoms with van der Waals surface area (Å²) in [5.41, 5.74) is 2.20. The van der Waals surface area contributed by atoms with Crippen LogP contribution in [0.15, 0.2) is 34.9 Å². The Morgan fingerprint density at radius 2 is 2.23 bits per heavy atom. The van der Waals surface area contributed by atoms with Crippen molar-refractivity contribution in [2.75, 3.05) is 20.2 Å². The molecule has 0 aliphatic carbocycles. The van der Waals surface area contributed by atoms with E-state index in [0.29, 0.717) is 25.2 Å². The number of H-pyrrole nitrogens is 1. The Balaban J connectivity index is 1.49. The van der Waals surface area contributed by atoms with Crippen LogP contribution in [0, 0.1) is 12.8 Å². The smallest absolute Gasteiger partial charge is 0.270 e. The Hall–Kier alpha value is -2.80. The second-order valence-corrected chi connectivity index (χ2v) is 6.81. The van der Waals surface area contributed by atoms with Gasteiger partial charge in [-0.15, -0.1) is 0 Å². The highest BCUT2D eigenvalue weighted by atomic mass is 16.5. The molecule has 0 spiro atoms.